The van der Waals surface area contributed by atoms with Crippen LogP contribution in [0.15, 0.2) is 30.3 Å². The Morgan fingerprint density at radius 3 is 2.81 bits per heavy atom. The van der Waals surface area contributed by atoms with E-state index in [0.29, 0.717) is 49.5 Å². The zero-order valence-corrected chi connectivity index (χ0v) is 18.4. The van der Waals surface area contributed by atoms with Crippen molar-refractivity contribution < 1.29 is 14.3 Å². The summed E-state index contributed by atoms with van der Waals surface area (Å²) < 4.78 is 11.2. The molecule has 0 spiro atoms. The van der Waals surface area contributed by atoms with Gasteiger partial charge in [-0.1, -0.05) is 0 Å². The summed E-state index contributed by atoms with van der Waals surface area (Å²) in [5, 5.41) is 9.27. The smallest absolute Gasteiger partial charge is 0.254 e. The zero-order valence-electron chi connectivity index (χ0n) is 18.4. The van der Waals surface area contributed by atoms with Crippen LogP contribution in [0.25, 0.3) is 10.9 Å². The highest BCUT2D eigenvalue weighted by Gasteiger charge is 2.29. The summed E-state index contributed by atoms with van der Waals surface area (Å²) in [4.78, 5) is 19.9. The minimum absolute atomic E-state index is 0.0213. The van der Waals surface area contributed by atoms with Crippen molar-refractivity contribution in [1.29, 1.82) is 0 Å². The highest BCUT2D eigenvalue weighted by atomic mass is 16.5. The van der Waals surface area contributed by atoms with E-state index in [1.54, 1.807) is 6.07 Å². The van der Waals surface area contributed by atoms with E-state index in [2.05, 4.69) is 15.2 Å². The van der Waals surface area contributed by atoms with Gasteiger partial charge in [-0.15, -0.1) is 5.10 Å². The highest BCUT2D eigenvalue weighted by molar-refractivity contribution is 5.99. The SMILES string of the molecule is CCOc1ccc(CN(CC2CC2)C(=O)c2ccc3nc(N)c4c(c3c2)CO[C@@H]4C)nn1. The number of nitrogens with two attached hydrogens (primary N) is 1. The molecule has 2 aromatic heterocycles. The van der Waals surface area contributed by atoms with Crippen LogP contribution in [0.3, 0.4) is 0 Å². The maximum Gasteiger partial charge on any atom is 0.254 e. The Kier molecular flexibility index (Phi) is 5.38. The summed E-state index contributed by atoms with van der Waals surface area (Å²) in [5.41, 5.74) is 10.3. The van der Waals surface area contributed by atoms with Crippen molar-refractivity contribution in [3.63, 3.8) is 0 Å². The fourth-order valence-corrected chi connectivity index (χ4v) is 4.27. The van der Waals surface area contributed by atoms with Crippen molar-refractivity contribution in [2.24, 2.45) is 5.92 Å². The molecule has 32 heavy (non-hydrogen) atoms. The standard InChI is InChI=1S/C24H27N5O3/c1-3-31-21-9-7-17(27-28-21)12-29(11-15-4-5-15)24(30)16-6-8-20-18(10-16)19-13-32-14(2)22(19)23(25)26-20/h6-10,14-15H,3-5,11-13H2,1-2H3,(H2,25,26)/t14-/m1/s1. The van der Waals surface area contributed by atoms with Crippen molar-refractivity contribution >= 4 is 22.6 Å². The quantitative estimate of drug-likeness (QED) is 0.606. The first kappa shape index (κ1) is 20.6. The molecular formula is C24H27N5O3. The number of nitrogens with zero attached hydrogens (tertiary/aromatic N) is 4. The van der Waals surface area contributed by atoms with Crippen molar-refractivity contribution in [1.82, 2.24) is 20.1 Å². The Hall–Kier alpha value is -3.26. The number of benzene rings is 1. The van der Waals surface area contributed by atoms with Gasteiger partial charge in [0.2, 0.25) is 5.88 Å². The van der Waals surface area contributed by atoms with Gasteiger partial charge >= 0.3 is 0 Å². The summed E-state index contributed by atoms with van der Waals surface area (Å²) in [6.45, 7) is 6.01. The number of hydrogen-bond donors (Lipinski definition) is 1. The molecule has 3 heterocycles. The van der Waals surface area contributed by atoms with Crippen LogP contribution in [0.1, 0.15) is 60.0 Å². The topological polar surface area (TPSA) is 103 Å². The molecule has 1 aromatic carbocycles. The Bertz CT molecular complexity index is 1160. The van der Waals surface area contributed by atoms with Crippen molar-refractivity contribution in [2.75, 3.05) is 18.9 Å². The molecule has 1 fully saturated rings. The van der Waals surface area contributed by atoms with E-state index in [1.807, 2.05) is 43.0 Å². The average Bonchev–Trinajstić information content (AvgIpc) is 3.53. The largest absolute Gasteiger partial charge is 0.477 e. The van der Waals surface area contributed by atoms with Gasteiger partial charge < -0.3 is 20.1 Å². The summed E-state index contributed by atoms with van der Waals surface area (Å²) in [5.74, 6) is 1.52. The molecule has 3 aromatic rings. The fourth-order valence-electron chi connectivity index (χ4n) is 4.27. The van der Waals surface area contributed by atoms with Gasteiger partial charge in [0.1, 0.15) is 5.82 Å². The lowest BCUT2D eigenvalue weighted by Crippen LogP contribution is -2.33. The number of fused-ring (bicyclic) bond motifs is 3. The lowest BCUT2D eigenvalue weighted by molar-refractivity contribution is 0.0732. The van der Waals surface area contributed by atoms with Crippen molar-refractivity contribution in [3.8, 4) is 5.88 Å². The molecule has 1 saturated carbocycles. The van der Waals surface area contributed by atoms with Gasteiger partial charge in [-0.05, 0) is 62.4 Å². The monoisotopic (exact) mass is 433 g/mol. The van der Waals surface area contributed by atoms with Crippen LogP contribution in [0.2, 0.25) is 0 Å². The Morgan fingerprint density at radius 2 is 2.09 bits per heavy atom. The molecular weight excluding hydrogens is 406 g/mol. The number of carbonyl (C=O) groups is 1. The molecule has 0 saturated heterocycles. The lowest BCUT2D eigenvalue weighted by Gasteiger charge is -2.22. The summed E-state index contributed by atoms with van der Waals surface area (Å²) in [6.07, 6.45) is 2.22. The highest BCUT2D eigenvalue weighted by Crippen LogP contribution is 2.38. The first-order valence-electron chi connectivity index (χ1n) is 11.1. The van der Waals surface area contributed by atoms with E-state index < -0.39 is 0 Å². The first-order chi connectivity index (χ1) is 15.5. The number of rotatable bonds is 7. The van der Waals surface area contributed by atoms with Gasteiger partial charge in [0, 0.05) is 29.1 Å². The second-order valence-corrected chi connectivity index (χ2v) is 8.50. The molecule has 2 aliphatic rings. The number of aromatic nitrogens is 3. The lowest BCUT2D eigenvalue weighted by atomic mass is 10.00. The Labute approximate surface area is 186 Å². The normalized spacial score (nSPS) is 17.4. The zero-order chi connectivity index (χ0) is 22.2. The van der Waals surface area contributed by atoms with Crippen LogP contribution < -0.4 is 10.5 Å². The predicted molar refractivity (Wildman–Crippen MR) is 120 cm³/mol. The van der Waals surface area contributed by atoms with Crippen LogP contribution in [-0.2, 0) is 17.9 Å². The number of pyridine rings is 1. The number of hydrogen-bond acceptors (Lipinski definition) is 7. The van der Waals surface area contributed by atoms with E-state index in [4.69, 9.17) is 15.2 Å². The maximum atomic E-state index is 13.5. The number of anilines is 1. The third kappa shape index (κ3) is 3.98. The molecule has 1 atom stereocenters. The summed E-state index contributed by atoms with van der Waals surface area (Å²) >= 11 is 0. The average molecular weight is 434 g/mol. The predicted octanol–water partition coefficient (Wildman–Crippen LogP) is 3.65. The number of amides is 1. The van der Waals surface area contributed by atoms with Gasteiger partial charge in [0.05, 0.1) is 37.1 Å². The van der Waals surface area contributed by atoms with Gasteiger partial charge in [0.15, 0.2) is 0 Å². The van der Waals surface area contributed by atoms with Crippen LogP contribution >= 0.6 is 0 Å². The number of nitrogen functional groups attached to an aromatic ring is 1. The molecule has 166 valence electrons. The number of carbonyl (C=O) groups excluding carboxylic acids is 1. The van der Waals surface area contributed by atoms with E-state index >= 15 is 0 Å². The van der Waals surface area contributed by atoms with E-state index in [0.717, 1.165) is 40.6 Å². The Balaban J connectivity index is 1.44. The second-order valence-electron chi connectivity index (χ2n) is 8.50. The minimum atomic E-state index is -0.0918. The molecule has 1 aliphatic carbocycles. The van der Waals surface area contributed by atoms with Gasteiger partial charge in [0.25, 0.3) is 5.91 Å². The molecule has 0 radical (unpaired) electrons. The summed E-state index contributed by atoms with van der Waals surface area (Å²) in [6, 6.07) is 9.28. The van der Waals surface area contributed by atoms with Crippen LogP contribution in [-0.4, -0.2) is 39.1 Å². The van der Waals surface area contributed by atoms with Crippen molar-refractivity contribution in [2.45, 2.75) is 45.9 Å². The Morgan fingerprint density at radius 1 is 1.25 bits per heavy atom. The van der Waals surface area contributed by atoms with E-state index in [9.17, 15) is 4.79 Å². The molecule has 1 aliphatic heterocycles. The summed E-state index contributed by atoms with van der Waals surface area (Å²) in [7, 11) is 0. The number of ether oxygens (including phenoxy) is 2. The third-order valence-electron chi connectivity index (χ3n) is 6.10. The molecule has 1 amide bonds. The van der Waals surface area contributed by atoms with Crippen LogP contribution in [0.5, 0.6) is 5.88 Å². The molecule has 5 rings (SSSR count). The van der Waals surface area contributed by atoms with Gasteiger partial charge in [-0.25, -0.2) is 4.98 Å². The maximum absolute atomic E-state index is 13.5. The van der Waals surface area contributed by atoms with Crippen LogP contribution in [0, 0.1) is 5.92 Å². The molecule has 2 N–H and O–H groups in total. The van der Waals surface area contributed by atoms with E-state index in [-0.39, 0.29) is 12.0 Å². The van der Waals surface area contributed by atoms with Gasteiger partial charge in [-0.2, -0.15) is 5.10 Å². The van der Waals surface area contributed by atoms with Crippen LogP contribution in [0.4, 0.5) is 5.82 Å². The molecule has 0 unspecified atom stereocenters. The van der Waals surface area contributed by atoms with E-state index in [1.165, 1.54) is 0 Å². The molecule has 8 heteroatoms. The molecule has 0 bridgehead atoms. The third-order valence-corrected chi connectivity index (χ3v) is 6.10. The minimum Gasteiger partial charge on any atom is -0.477 e. The molecule has 8 nitrogen and oxygen atoms in total. The fraction of sp³-hybridized carbons (Fsp3) is 0.417. The van der Waals surface area contributed by atoms with Gasteiger partial charge in [-0.3, -0.25) is 4.79 Å². The second kappa shape index (κ2) is 8.35. The first-order valence-corrected chi connectivity index (χ1v) is 11.1. The van der Waals surface area contributed by atoms with Crippen molar-refractivity contribution in [3.05, 3.63) is 52.7 Å².